The van der Waals surface area contributed by atoms with Crippen LogP contribution < -0.4 is 10.6 Å². The van der Waals surface area contributed by atoms with E-state index in [1.165, 1.54) is 0 Å². The van der Waals surface area contributed by atoms with E-state index in [4.69, 9.17) is 4.42 Å². The number of hydrogen-bond donors (Lipinski definition) is 2. The first-order valence-electron chi connectivity index (χ1n) is 5.76. The van der Waals surface area contributed by atoms with Crippen LogP contribution >= 0.6 is 0 Å². The van der Waals surface area contributed by atoms with Crippen LogP contribution in [0, 0.1) is 6.92 Å². The van der Waals surface area contributed by atoms with Crippen LogP contribution in [0.4, 0.5) is 11.4 Å². The molecule has 2 rings (SSSR count). The summed E-state index contributed by atoms with van der Waals surface area (Å²) in [4.78, 5) is 4.17. The number of hydrogen-bond acceptors (Lipinski definition) is 4. The topological polar surface area (TPSA) is 50.1 Å². The van der Waals surface area contributed by atoms with Gasteiger partial charge in [0.2, 0.25) is 0 Å². The van der Waals surface area contributed by atoms with Crippen molar-refractivity contribution in [1.82, 2.24) is 4.98 Å². The Balaban J connectivity index is 1.96. The highest BCUT2D eigenvalue weighted by Crippen LogP contribution is 2.14. The van der Waals surface area contributed by atoms with Crippen molar-refractivity contribution < 1.29 is 4.42 Å². The van der Waals surface area contributed by atoms with Gasteiger partial charge in [0.15, 0.2) is 0 Å². The van der Waals surface area contributed by atoms with Crippen LogP contribution in [0.5, 0.6) is 0 Å². The molecule has 2 heterocycles. The fourth-order valence-electron chi connectivity index (χ4n) is 1.61. The fourth-order valence-corrected chi connectivity index (χ4v) is 1.61. The van der Waals surface area contributed by atoms with Crippen LogP contribution in [-0.2, 0) is 6.54 Å². The summed E-state index contributed by atoms with van der Waals surface area (Å²) in [5.74, 6) is 1.86. The van der Waals surface area contributed by atoms with Crippen LogP contribution in [0.25, 0.3) is 0 Å². The molecule has 0 fully saturated rings. The maximum absolute atomic E-state index is 5.48. The summed E-state index contributed by atoms with van der Waals surface area (Å²) >= 11 is 0. The second kappa shape index (κ2) is 5.39. The van der Waals surface area contributed by atoms with Crippen LogP contribution in [0.15, 0.2) is 35.0 Å². The van der Waals surface area contributed by atoms with E-state index in [0.717, 1.165) is 29.4 Å². The summed E-state index contributed by atoms with van der Waals surface area (Å²) in [5, 5.41) is 6.50. The Morgan fingerprint density at radius 1 is 1.18 bits per heavy atom. The molecule has 0 aliphatic carbocycles. The van der Waals surface area contributed by atoms with E-state index in [2.05, 4.69) is 22.5 Å². The Morgan fingerprint density at radius 3 is 2.59 bits per heavy atom. The lowest BCUT2D eigenvalue weighted by molar-refractivity contribution is 0.490. The third-order valence-electron chi connectivity index (χ3n) is 2.38. The van der Waals surface area contributed by atoms with Gasteiger partial charge in [-0.05, 0) is 32.0 Å². The predicted molar refractivity (Wildman–Crippen MR) is 69.2 cm³/mol. The van der Waals surface area contributed by atoms with Crippen molar-refractivity contribution in [2.45, 2.75) is 20.4 Å². The minimum Gasteiger partial charge on any atom is -0.465 e. The monoisotopic (exact) mass is 231 g/mol. The SMILES string of the molecule is CCNc1cncc(NCc2ccc(C)o2)c1. The number of furan rings is 1. The van der Waals surface area contributed by atoms with E-state index in [9.17, 15) is 0 Å². The molecule has 0 aliphatic rings. The molecule has 0 aromatic carbocycles. The highest BCUT2D eigenvalue weighted by molar-refractivity contribution is 5.53. The van der Waals surface area contributed by atoms with Gasteiger partial charge in [-0.25, -0.2) is 0 Å². The van der Waals surface area contributed by atoms with Crippen LogP contribution in [-0.4, -0.2) is 11.5 Å². The summed E-state index contributed by atoms with van der Waals surface area (Å²) in [6.07, 6.45) is 3.61. The van der Waals surface area contributed by atoms with Gasteiger partial charge < -0.3 is 15.1 Å². The summed E-state index contributed by atoms with van der Waals surface area (Å²) in [5.41, 5.74) is 2.01. The lowest BCUT2D eigenvalue weighted by Crippen LogP contribution is -2.01. The molecule has 2 N–H and O–H groups in total. The lowest BCUT2D eigenvalue weighted by Gasteiger charge is -2.07. The normalized spacial score (nSPS) is 10.2. The fraction of sp³-hybridized carbons (Fsp3) is 0.308. The second-order valence-electron chi connectivity index (χ2n) is 3.86. The average Bonchev–Trinajstić information content (AvgIpc) is 2.74. The molecule has 2 aromatic heterocycles. The van der Waals surface area contributed by atoms with Crippen LogP contribution in [0.1, 0.15) is 18.4 Å². The molecule has 17 heavy (non-hydrogen) atoms. The van der Waals surface area contributed by atoms with Crippen molar-refractivity contribution in [3.8, 4) is 0 Å². The van der Waals surface area contributed by atoms with E-state index < -0.39 is 0 Å². The van der Waals surface area contributed by atoms with Crippen LogP contribution in [0.3, 0.4) is 0 Å². The van der Waals surface area contributed by atoms with Crippen molar-refractivity contribution in [1.29, 1.82) is 0 Å². The van der Waals surface area contributed by atoms with Crippen molar-refractivity contribution >= 4 is 11.4 Å². The van der Waals surface area contributed by atoms with Gasteiger partial charge in [0.25, 0.3) is 0 Å². The van der Waals surface area contributed by atoms with Gasteiger partial charge in [0, 0.05) is 6.54 Å². The summed E-state index contributed by atoms with van der Waals surface area (Å²) in [6, 6.07) is 5.97. The van der Waals surface area contributed by atoms with Gasteiger partial charge in [-0.3, -0.25) is 4.98 Å². The Morgan fingerprint density at radius 2 is 1.94 bits per heavy atom. The average molecular weight is 231 g/mol. The van der Waals surface area contributed by atoms with Gasteiger partial charge in [-0.2, -0.15) is 0 Å². The zero-order chi connectivity index (χ0) is 12.1. The smallest absolute Gasteiger partial charge is 0.123 e. The number of rotatable bonds is 5. The van der Waals surface area contributed by atoms with Gasteiger partial charge >= 0.3 is 0 Å². The Labute approximate surface area is 101 Å². The molecule has 0 atom stereocenters. The van der Waals surface area contributed by atoms with Crippen molar-refractivity contribution in [3.63, 3.8) is 0 Å². The van der Waals surface area contributed by atoms with Crippen molar-refractivity contribution in [2.24, 2.45) is 0 Å². The summed E-state index contributed by atoms with van der Waals surface area (Å²) < 4.78 is 5.48. The van der Waals surface area contributed by atoms with Gasteiger partial charge in [-0.15, -0.1) is 0 Å². The van der Waals surface area contributed by atoms with Crippen LogP contribution in [0.2, 0.25) is 0 Å². The number of anilines is 2. The third kappa shape index (κ3) is 3.24. The zero-order valence-corrected chi connectivity index (χ0v) is 10.2. The quantitative estimate of drug-likeness (QED) is 0.830. The first-order valence-corrected chi connectivity index (χ1v) is 5.76. The van der Waals surface area contributed by atoms with E-state index >= 15 is 0 Å². The van der Waals surface area contributed by atoms with E-state index in [-0.39, 0.29) is 0 Å². The predicted octanol–water partition coefficient (Wildman–Crippen LogP) is 3.03. The molecule has 4 nitrogen and oxygen atoms in total. The van der Waals surface area contributed by atoms with Crippen molar-refractivity contribution in [3.05, 3.63) is 42.1 Å². The molecule has 0 spiro atoms. The maximum atomic E-state index is 5.48. The number of pyridine rings is 1. The van der Waals surface area contributed by atoms with Gasteiger partial charge in [-0.1, -0.05) is 0 Å². The highest BCUT2D eigenvalue weighted by atomic mass is 16.3. The Hall–Kier alpha value is -1.97. The first-order chi connectivity index (χ1) is 8.28. The third-order valence-corrected chi connectivity index (χ3v) is 2.38. The van der Waals surface area contributed by atoms with E-state index in [1.807, 2.05) is 31.3 Å². The maximum Gasteiger partial charge on any atom is 0.123 e. The molecule has 90 valence electrons. The summed E-state index contributed by atoms with van der Waals surface area (Å²) in [7, 11) is 0. The molecule has 0 aliphatic heterocycles. The molecule has 0 unspecified atom stereocenters. The molecule has 0 saturated heterocycles. The minimum absolute atomic E-state index is 0.672. The summed E-state index contributed by atoms with van der Waals surface area (Å²) in [6.45, 7) is 5.57. The lowest BCUT2D eigenvalue weighted by atomic mass is 10.3. The Kier molecular flexibility index (Phi) is 3.65. The second-order valence-corrected chi connectivity index (χ2v) is 3.86. The molecule has 2 aromatic rings. The molecule has 4 heteroatoms. The number of nitrogens with one attached hydrogen (secondary N) is 2. The molecule has 0 radical (unpaired) electrons. The van der Waals surface area contributed by atoms with E-state index in [0.29, 0.717) is 6.54 Å². The largest absolute Gasteiger partial charge is 0.465 e. The number of aromatic nitrogens is 1. The van der Waals surface area contributed by atoms with Gasteiger partial charge in [0.05, 0.1) is 30.3 Å². The Bertz CT molecular complexity index is 479. The molecular weight excluding hydrogens is 214 g/mol. The molecule has 0 amide bonds. The van der Waals surface area contributed by atoms with E-state index in [1.54, 1.807) is 6.20 Å². The molecular formula is C13H17N3O. The number of aryl methyl sites for hydroxylation is 1. The molecule has 0 bridgehead atoms. The molecule has 0 saturated carbocycles. The van der Waals surface area contributed by atoms with Gasteiger partial charge in [0.1, 0.15) is 11.5 Å². The highest BCUT2D eigenvalue weighted by Gasteiger charge is 1.99. The van der Waals surface area contributed by atoms with Crippen molar-refractivity contribution in [2.75, 3.05) is 17.2 Å². The minimum atomic E-state index is 0.672. The number of nitrogens with zero attached hydrogens (tertiary/aromatic N) is 1. The standard InChI is InChI=1S/C13H17N3O/c1-3-15-11-6-12(8-14-7-11)16-9-13-5-4-10(2)17-13/h4-8,15-16H,3,9H2,1-2H3. The first kappa shape index (κ1) is 11.5. The zero-order valence-electron chi connectivity index (χ0n) is 10.2.